The predicted octanol–water partition coefficient (Wildman–Crippen LogP) is 5.16. The first-order valence-electron chi connectivity index (χ1n) is 9.73. The monoisotopic (exact) mass is 433 g/mol. The molecule has 1 amide bonds. The maximum atomic E-state index is 14.2. The van der Waals surface area contributed by atoms with E-state index in [4.69, 9.17) is 0 Å². The highest BCUT2D eigenvalue weighted by atomic mass is 32.2. The van der Waals surface area contributed by atoms with Crippen molar-refractivity contribution in [2.24, 2.45) is 0 Å². The minimum Gasteiger partial charge on any atom is -0.326 e. The zero-order chi connectivity index (χ0) is 21.8. The Labute approximate surface area is 183 Å². The third-order valence-electron chi connectivity index (χ3n) is 4.77. The van der Waals surface area contributed by atoms with Gasteiger partial charge in [-0.3, -0.25) is 9.59 Å². The fourth-order valence-corrected chi connectivity index (χ4v) is 4.18. The van der Waals surface area contributed by atoms with Gasteiger partial charge in [-0.1, -0.05) is 42.1 Å². The molecule has 5 nitrogen and oxygen atoms in total. The van der Waals surface area contributed by atoms with Crippen molar-refractivity contribution in [3.63, 3.8) is 0 Å². The summed E-state index contributed by atoms with van der Waals surface area (Å²) in [5.41, 5.74) is 3.45. The Hall–Kier alpha value is -3.45. The molecule has 0 unspecified atom stereocenters. The molecule has 0 saturated carbocycles. The molecule has 0 atom stereocenters. The number of thioether (sulfide) groups is 1. The summed E-state index contributed by atoms with van der Waals surface area (Å²) in [4.78, 5) is 28.5. The van der Waals surface area contributed by atoms with Crippen molar-refractivity contribution in [2.45, 2.75) is 18.6 Å². The zero-order valence-electron chi connectivity index (χ0n) is 16.8. The van der Waals surface area contributed by atoms with Crippen molar-refractivity contribution in [3.05, 3.63) is 89.7 Å². The van der Waals surface area contributed by atoms with Crippen molar-refractivity contribution in [2.75, 3.05) is 11.1 Å². The van der Waals surface area contributed by atoms with Crippen LogP contribution in [0.4, 0.5) is 10.1 Å². The maximum absolute atomic E-state index is 14.2. The fraction of sp³-hybridized carbons (Fsp3) is 0.125. The number of hydrogen-bond donors (Lipinski definition) is 1. The van der Waals surface area contributed by atoms with Gasteiger partial charge in [0, 0.05) is 23.7 Å². The van der Waals surface area contributed by atoms with Gasteiger partial charge in [-0.2, -0.15) is 0 Å². The molecule has 4 rings (SSSR count). The summed E-state index contributed by atoms with van der Waals surface area (Å²) in [6.45, 7) is 1.76. The van der Waals surface area contributed by atoms with Crippen LogP contribution < -0.4 is 5.32 Å². The molecule has 0 spiro atoms. The van der Waals surface area contributed by atoms with E-state index in [0.717, 1.165) is 11.0 Å². The number of imidazole rings is 1. The molecule has 0 fully saturated rings. The molecule has 4 aromatic rings. The summed E-state index contributed by atoms with van der Waals surface area (Å²) in [7, 11) is 0. The number of fused-ring (bicyclic) bond motifs is 1. The molecule has 1 aromatic heterocycles. The Morgan fingerprint density at radius 2 is 1.71 bits per heavy atom. The third kappa shape index (κ3) is 4.83. The fourth-order valence-electron chi connectivity index (χ4n) is 3.27. The quantitative estimate of drug-likeness (QED) is 0.323. The smallest absolute Gasteiger partial charge is 0.221 e. The van der Waals surface area contributed by atoms with Crippen LogP contribution in [0.5, 0.6) is 0 Å². The highest BCUT2D eigenvalue weighted by Gasteiger charge is 2.15. The number of nitrogens with one attached hydrogen (secondary N) is 1. The second kappa shape index (κ2) is 9.14. The Balaban J connectivity index is 1.55. The topological polar surface area (TPSA) is 64.0 Å². The summed E-state index contributed by atoms with van der Waals surface area (Å²) >= 11 is 1.33. The minimum absolute atomic E-state index is 0.0520. The normalized spacial score (nSPS) is 10.9. The molecule has 0 bridgehead atoms. The Bertz CT molecular complexity index is 1250. The van der Waals surface area contributed by atoms with Gasteiger partial charge in [0.2, 0.25) is 5.91 Å². The molecule has 0 aliphatic carbocycles. The van der Waals surface area contributed by atoms with Crippen molar-refractivity contribution >= 4 is 40.2 Å². The number of anilines is 1. The molecule has 1 heterocycles. The average Bonchev–Trinajstić information content (AvgIpc) is 3.11. The number of carbonyl (C=O) groups is 2. The number of hydrogen-bond acceptors (Lipinski definition) is 4. The van der Waals surface area contributed by atoms with Gasteiger partial charge in [-0.15, -0.1) is 0 Å². The number of para-hydroxylation sites is 2. The van der Waals surface area contributed by atoms with Crippen molar-refractivity contribution in [3.8, 4) is 0 Å². The lowest BCUT2D eigenvalue weighted by atomic mass is 10.1. The Morgan fingerprint density at radius 1 is 1.00 bits per heavy atom. The number of amides is 1. The van der Waals surface area contributed by atoms with Crippen LogP contribution in [0.1, 0.15) is 22.8 Å². The summed E-state index contributed by atoms with van der Waals surface area (Å²) in [6, 6.07) is 21.1. The number of benzene rings is 3. The van der Waals surface area contributed by atoms with Crippen LogP contribution in [-0.4, -0.2) is 27.0 Å². The van der Waals surface area contributed by atoms with Crippen molar-refractivity contribution < 1.29 is 14.0 Å². The van der Waals surface area contributed by atoms with Crippen LogP contribution in [-0.2, 0) is 11.3 Å². The number of aromatic nitrogens is 2. The van der Waals surface area contributed by atoms with Crippen molar-refractivity contribution in [1.82, 2.24) is 9.55 Å². The van der Waals surface area contributed by atoms with E-state index in [1.54, 1.807) is 42.5 Å². The summed E-state index contributed by atoms with van der Waals surface area (Å²) in [5, 5.41) is 3.34. The van der Waals surface area contributed by atoms with Crippen LogP contribution in [0, 0.1) is 5.82 Å². The molecule has 7 heteroatoms. The molecule has 0 radical (unpaired) electrons. The molecule has 1 N–H and O–H groups in total. The number of rotatable bonds is 7. The lowest BCUT2D eigenvalue weighted by Gasteiger charge is -2.10. The predicted molar refractivity (Wildman–Crippen MR) is 121 cm³/mol. The van der Waals surface area contributed by atoms with E-state index >= 15 is 0 Å². The number of carbonyl (C=O) groups excluding carboxylic acids is 2. The van der Waals surface area contributed by atoms with E-state index in [1.807, 2.05) is 28.8 Å². The van der Waals surface area contributed by atoms with Gasteiger partial charge in [0.05, 0.1) is 23.3 Å². The molecular formula is C24H20FN3O2S. The summed E-state index contributed by atoms with van der Waals surface area (Å²) in [5.74, 6) is -0.293. The van der Waals surface area contributed by atoms with Gasteiger partial charge < -0.3 is 9.88 Å². The molecular weight excluding hydrogens is 413 g/mol. The van der Waals surface area contributed by atoms with Crippen LogP contribution >= 0.6 is 11.8 Å². The molecule has 0 saturated heterocycles. The summed E-state index contributed by atoms with van der Waals surface area (Å²) in [6.07, 6.45) is 0. The van der Waals surface area contributed by atoms with Crippen LogP contribution in [0.3, 0.4) is 0 Å². The van der Waals surface area contributed by atoms with Gasteiger partial charge in [0.1, 0.15) is 5.82 Å². The third-order valence-corrected chi connectivity index (χ3v) is 5.74. The van der Waals surface area contributed by atoms with Crippen LogP contribution in [0.15, 0.2) is 78.0 Å². The van der Waals surface area contributed by atoms with E-state index < -0.39 is 0 Å². The maximum Gasteiger partial charge on any atom is 0.221 e. The Morgan fingerprint density at radius 3 is 2.45 bits per heavy atom. The van der Waals surface area contributed by atoms with Gasteiger partial charge in [-0.25, -0.2) is 9.37 Å². The first-order valence-corrected chi connectivity index (χ1v) is 10.7. The Kier molecular flexibility index (Phi) is 6.13. The van der Waals surface area contributed by atoms with E-state index in [2.05, 4.69) is 10.3 Å². The van der Waals surface area contributed by atoms with E-state index in [-0.39, 0.29) is 23.3 Å². The number of nitrogens with zero attached hydrogens (tertiary/aromatic N) is 2. The van der Waals surface area contributed by atoms with Crippen LogP contribution in [0.2, 0.25) is 0 Å². The molecule has 156 valence electrons. The first-order chi connectivity index (χ1) is 15.0. The number of halogens is 1. The number of Topliss-reactive ketones (excluding diaryl/α,β-unsaturated/α-hetero) is 1. The SMILES string of the molecule is CC(=O)Nc1ccc(C(=O)CSc2nc3ccccc3n2Cc2ccccc2F)cc1. The first kappa shape index (κ1) is 20.8. The minimum atomic E-state index is -0.272. The van der Waals surface area contributed by atoms with E-state index in [0.29, 0.717) is 28.5 Å². The van der Waals surface area contributed by atoms with E-state index in [9.17, 15) is 14.0 Å². The molecule has 0 aliphatic rings. The standard InChI is InChI=1S/C24H20FN3O2S/c1-16(29)26-19-12-10-17(11-13-19)23(30)15-31-24-27-21-8-4-5-9-22(21)28(24)14-18-6-2-3-7-20(18)25/h2-13H,14-15H2,1H3,(H,26,29). The highest BCUT2D eigenvalue weighted by molar-refractivity contribution is 7.99. The van der Waals surface area contributed by atoms with Gasteiger partial charge >= 0.3 is 0 Å². The second-order valence-corrected chi connectivity index (χ2v) is 7.97. The van der Waals surface area contributed by atoms with E-state index in [1.165, 1.54) is 24.8 Å². The highest BCUT2D eigenvalue weighted by Crippen LogP contribution is 2.26. The lowest BCUT2D eigenvalue weighted by Crippen LogP contribution is -2.08. The second-order valence-electron chi connectivity index (χ2n) is 7.03. The average molecular weight is 434 g/mol. The van der Waals surface area contributed by atoms with Gasteiger partial charge in [0.15, 0.2) is 10.9 Å². The van der Waals surface area contributed by atoms with Gasteiger partial charge in [0.25, 0.3) is 0 Å². The molecule has 31 heavy (non-hydrogen) atoms. The zero-order valence-corrected chi connectivity index (χ0v) is 17.7. The summed E-state index contributed by atoms with van der Waals surface area (Å²) < 4.78 is 16.2. The van der Waals surface area contributed by atoms with Gasteiger partial charge in [-0.05, 0) is 42.5 Å². The van der Waals surface area contributed by atoms with Crippen molar-refractivity contribution in [1.29, 1.82) is 0 Å². The molecule has 0 aliphatic heterocycles. The number of ketones is 1. The van der Waals surface area contributed by atoms with Crippen LogP contribution in [0.25, 0.3) is 11.0 Å². The largest absolute Gasteiger partial charge is 0.326 e. The molecule has 3 aromatic carbocycles. The lowest BCUT2D eigenvalue weighted by molar-refractivity contribution is -0.114.